The Bertz CT molecular complexity index is 473. The smallest absolute Gasteiger partial charge is 0.339 e. The molecule has 102 valence electrons. The van der Waals surface area contributed by atoms with Crippen LogP contribution in [0.3, 0.4) is 0 Å². The van der Waals surface area contributed by atoms with E-state index in [4.69, 9.17) is 10.5 Å². The largest absolute Gasteiger partial charge is 0.462 e. The average molecular weight is 263 g/mol. The Labute approximate surface area is 111 Å². The van der Waals surface area contributed by atoms with Crippen LogP contribution in [0.1, 0.15) is 30.1 Å². The predicted octanol–water partition coefficient (Wildman–Crippen LogP) is 0.712. The number of hydrogen-bond acceptors (Lipinski definition) is 5. The van der Waals surface area contributed by atoms with Gasteiger partial charge in [0.25, 0.3) is 0 Å². The summed E-state index contributed by atoms with van der Waals surface area (Å²) in [6, 6.07) is 3.06. The maximum atomic E-state index is 11.5. The molecule has 1 aromatic heterocycles. The minimum Gasteiger partial charge on any atom is -0.462 e. The zero-order valence-corrected chi connectivity index (χ0v) is 10.8. The van der Waals surface area contributed by atoms with Crippen LogP contribution in [0.25, 0.3) is 0 Å². The monoisotopic (exact) mass is 263 g/mol. The number of ether oxygens (including phenoxy) is 1. The quantitative estimate of drug-likeness (QED) is 0.809. The van der Waals surface area contributed by atoms with E-state index >= 15 is 0 Å². The molecule has 1 aliphatic rings. The summed E-state index contributed by atoms with van der Waals surface area (Å²) in [5.41, 5.74) is 5.76. The van der Waals surface area contributed by atoms with Gasteiger partial charge in [0.1, 0.15) is 11.9 Å². The molecule has 0 bridgehead atoms. The number of amides is 1. The summed E-state index contributed by atoms with van der Waals surface area (Å²) in [7, 11) is 0. The number of pyridine rings is 1. The summed E-state index contributed by atoms with van der Waals surface area (Å²) in [5.74, 6) is -0.0717. The Balaban J connectivity index is 2.14. The minimum absolute atomic E-state index is 0.305. The van der Waals surface area contributed by atoms with Crippen molar-refractivity contribution in [3.63, 3.8) is 0 Å². The van der Waals surface area contributed by atoms with Gasteiger partial charge in [-0.2, -0.15) is 0 Å². The highest BCUT2D eigenvalue weighted by Crippen LogP contribution is 2.23. The molecule has 0 aliphatic carbocycles. The van der Waals surface area contributed by atoms with Gasteiger partial charge in [-0.05, 0) is 31.9 Å². The Kier molecular flexibility index (Phi) is 3.99. The second-order valence-corrected chi connectivity index (χ2v) is 4.38. The van der Waals surface area contributed by atoms with Crippen molar-refractivity contribution in [3.05, 3.63) is 23.9 Å². The Morgan fingerprint density at radius 1 is 1.53 bits per heavy atom. The molecule has 1 atom stereocenters. The van der Waals surface area contributed by atoms with Gasteiger partial charge in [0, 0.05) is 12.7 Å². The van der Waals surface area contributed by atoms with E-state index in [0.29, 0.717) is 18.0 Å². The first kappa shape index (κ1) is 13.3. The molecule has 0 spiro atoms. The molecule has 1 aliphatic heterocycles. The normalized spacial score (nSPS) is 18.4. The summed E-state index contributed by atoms with van der Waals surface area (Å²) in [4.78, 5) is 28.9. The maximum Gasteiger partial charge on any atom is 0.339 e. The first-order chi connectivity index (χ1) is 9.13. The van der Waals surface area contributed by atoms with Gasteiger partial charge in [0.05, 0.1) is 12.2 Å². The van der Waals surface area contributed by atoms with Crippen molar-refractivity contribution in [2.45, 2.75) is 25.8 Å². The van der Waals surface area contributed by atoms with E-state index in [1.54, 1.807) is 19.1 Å². The molecule has 2 heterocycles. The number of rotatable bonds is 4. The molecule has 1 saturated heterocycles. The fourth-order valence-electron chi connectivity index (χ4n) is 2.23. The lowest BCUT2D eigenvalue weighted by Crippen LogP contribution is -2.40. The van der Waals surface area contributed by atoms with E-state index in [2.05, 4.69) is 4.98 Å². The minimum atomic E-state index is -0.394. The van der Waals surface area contributed by atoms with E-state index in [0.717, 1.165) is 19.4 Å². The molecule has 1 unspecified atom stereocenters. The topological polar surface area (TPSA) is 85.5 Å². The summed E-state index contributed by atoms with van der Waals surface area (Å²) in [6.45, 7) is 2.83. The van der Waals surface area contributed by atoms with E-state index in [1.807, 2.05) is 4.90 Å². The number of esters is 1. The number of nitrogens with zero attached hydrogens (tertiary/aromatic N) is 2. The van der Waals surface area contributed by atoms with Gasteiger partial charge in [-0.3, -0.25) is 4.79 Å². The van der Waals surface area contributed by atoms with E-state index in [1.165, 1.54) is 6.20 Å². The second-order valence-electron chi connectivity index (χ2n) is 4.38. The number of nitrogens with two attached hydrogens (primary N) is 1. The highest BCUT2D eigenvalue weighted by molar-refractivity contribution is 5.89. The molecule has 6 heteroatoms. The number of carbonyl (C=O) groups is 2. The summed E-state index contributed by atoms with van der Waals surface area (Å²) in [6.07, 6.45) is 3.12. The van der Waals surface area contributed by atoms with Crippen LogP contribution in [-0.4, -0.2) is 36.1 Å². The highest BCUT2D eigenvalue weighted by Gasteiger charge is 2.29. The lowest BCUT2D eigenvalue weighted by Gasteiger charge is -2.23. The summed E-state index contributed by atoms with van der Waals surface area (Å²) < 4.78 is 4.89. The van der Waals surface area contributed by atoms with Crippen LogP contribution in [0.5, 0.6) is 0 Å². The summed E-state index contributed by atoms with van der Waals surface area (Å²) in [5, 5.41) is 0. The number of carbonyl (C=O) groups excluding carboxylic acids is 2. The number of primary amides is 1. The second kappa shape index (κ2) is 5.69. The molecule has 6 nitrogen and oxygen atoms in total. The van der Waals surface area contributed by atoms with Gasteiger partial charge in [-0.25, -0.2) is 9.78 Å². The van der Waals surface area contributed by atoms with Crippen LogP contribution < -0.4 is 10.6 Å². The molecule has 0 radical (unpaired) electrons. The van der Waals surface area contributed by atoms with E-state index < -0.39 is 5.97 Å². The van der Waals surface area contributed by atoms with E-state index in [9.17, 15) is 9.59 Å². The number of aromatic nitrogens is 1. The SMILES string of the molecule is CCOC(=O)c1ccc(N2CCCC2C(N)=O)nc1. The lowest BCUT2D eigenvalue weighted by atomic mass is 10.2. The average Bonchev–Trinajstić information content (AvgIpc) is 2.88. The van der Waals surface area contributed by atoms with E-state index in [-0.39, 0.29) is 11.9 Å². The first-order valence-corrected chi connectivity index (χ1v) is 6.32. The Hall–Kier alpha value is -2.11. The van der Waals surface area contributed by atoms with Gasteiger partial charge >= 0.3 is 5.97 Å². The molecule has 1 amide bonds. The number of anilines is 1. The fourth-order valence-corrected chi connectivity index (χ4v) is 2.23. The van der Waals surface area contributed by atoms with Gasteiger partial charge in [-0.15, -0.1) is 0 Å². The fraction of sp³-hybridized carbons (Fsp3) is 0.462. The van der Waals surface area contributed by atoms with Crippen molar-refractivity contribution in [2.75, 3.05) is 18.1 Å². The van der Waals surface area contributed by atoms with Crippen LogP contribution in [0.2, 0.25) is 0 Å². The van der Waals surface area contributed by atoms with Gasteiger partial charge in [0.2, 0.25) is 5.91 Å². The zero-order valence-electron chi connectivity index (χ0n) is 10.8. The molecular formula is C13H17N3O3. The standard InChI is InChI=1S/C13H17N3O3/c1-2-19-13(18)9-5-6-11(15-8-9)16-7-3-4-10(16)12(14)17/h5-6,8,10H,2-4,7H2,1H3,(H2,14,17). The third-order valence-electron chi connectivity index (χ3n) is 3.13. The van der Waals surface area contributed by atoms with Crippen LogP contribution in [-0.2, 0) is 9.53 Å². The molecule has 0 aromatic carbocycles. The van der Waals surface area contributed by atoms with Crippen molar-refractivity contribution in [3.8, 4) is 0 Å². The highest BCUT2D eigenvalue weighted by atomic mass is 16.5. The Morgan fingerprint density at radius 3 is 2.89 bits per heavy atom. The van der Waals surface area contributed by atoms with Crippen LogP contribution in [0.15, 0.2) is 18.3 Å². The Morgan fingerprint density at radius 2 is 2.32 bits per heavy atom. The number of hydrogen-bond donors (Lipinski definition) is 1. The first-order valence-electron chi connectivity index (χ1n) is 6.32. The maximum absolute atomic E-state index is 11.5. The molecule has 1 aromatic rings. The molecule has 0 saturated carbocycles. The lowest BCUT2D eigenvalue weighted by molar-refractivity contribution is -0.119. The van der Waals surface area contributed by atoms with Crippen LogP contribution in [0.4, 0.5) is 5.82 Å². The van der Waals surface area contributed by atoms with Crippen molar-refractivity contribution in [2.24, 2.45) is 5.73 Å². The molecular weight excluding hydrogens is 246 g/mol. The van der Waals surface area contributed by atoms with Crippen molar-refractivity contribution in [1.29, 1.82) is 0 Å². The third kappa shape index (κ3) is 2.83. The van der Waals surface area contributed by atoms with Crippen molar-refractivity contribution in [1.82, 2.24) is 4.98 Å². The van der Waals surface area contributed by atoms with Crippen LogP contribution >= 0.6 is 0 Å². The molecule has 2 rings (SSSR count). The molecule has 1 fully saturated rings. The third-order valence-corrected chi connectivity index (χ3v) is 3.13. The van der Waals surface area contributed by atoms with Crippen LogP contribution in [0, 0.1) is 0 Å². The molecule has 2 N–H and O–H groups in total. The predicted molar refractivity (Wildman–Crippen MR) is 69.8 cm³/mol. The summed E-state index contributed by atoms with van der Waals surface area (Å²) >= 11 is 0. The van der Waals surface area contributed by atoms with Gasteiger partial charge in [0.15, 0.2) is 0 Å². The van der Waals surface area contributed by atoms with Gasteiger partial charge in [-0.1, -0.05) is 0 Å². The molecule has 19 heavy (non-hydrogen) atoms. The zero-order chi connectivity index (χ0) is 13.8. The van der Waals surface area contributed by atoms with Crippen molar-refractivity contribution < 1.29 is 14.3 Å². The van der Waals surface area contributed by atoms with Crippen molar-refractivity contribution >= 4 is 17.7 Å². The van der Waals surface area contributed by atoms with Gasteiger partial charge < -0.3 is 15.4 Å².